The maximum atomic E-state index is 12.0. The summed E-state index contributed by atoms with van der Waals surface area (Å²) in [5, 5.41) is 3.68. The zero-order valence-electron chi connectivity index (χ0n) is 12.5. The van der Waals surface area contributed by atoms with Crippen molar-refractivity contribution in [2.45, 2.75) is 27.7 Å². The molecule has 112 valence electrons. The Balaban J connectivity index is 3.01. The van der Waals surface area contributed by atoms with Gasteiger partial charge in [0.05, 0.1) is 22.9 Å². The number of benzene rings is 1. The van der Waals surface area contributed by atoms with Gasteiger partial charge in [0.2, 0.25) is 0 Å². The van der Waals surface area contributed by atoms with E-state index in [4.69, 9.17) is 22.1 Å². The quantitative estimate of drug-likeness (QED) is 0.619. The van der Waals surface area contributed by atoms with Crippen LogP contribution in [0.25, 0.3) is 0 Å². The monoisotopic (exact) mass is 298 g/mol. The summed E-state index contributed by atoms with van der Waals surface area (Å²) in [6.45, 7) is 9.26. The van der Waals surface area contributed by atoms with E-state index in [0.29, 0.717) is 40.4 Å². The van der Waals surface area contributed by atoms with E-state index in [1.807, 2.05) is 0 Å². The molecule has 1 unspecified atom stereocenters. The van der Waals surface area contributed by atoms with Gasteiger partial charge in [0.15, 0.2) is 0 Å². The Kier molecular flexibility index (Phi) is 6.14. The smallest absolute Gasteiger partial charge is 0.340 e. The summed E-state index contributed by atoms with van der Waals surface area (Å²) in [5.41, 5.74) is 7.16. The first-order valence-corrected chi connectivity index (χ1v) is 7.24. The Morgan fingerprint density at radius 2 is 2.05 bits per heavy atom. The van der Waals surface area contributed by atoms with Crippen LogP contribution < -0.4 is 11.1 Å². The van der Waals surface area contributed by atoms with Crippen molar-refractivity contribution in [3.63, 3.8) is 0 Å². The van der Waals surface area contributed by atoms with Gasteiger partial charge < -0.3 is 15.8 Å². The van der Waals surface area contributed by atoms with E-state index in [1.54, 1.807) is 19.1 Å². The van der Waals surface area contributed by atoms with Crippen LogP contribution >= 0.6 is 11.6 Å². The summed E-state index contributed by atoms with van der Waals surface area (Å²) in [6, 6.07) is 3.22. The Morgan fingerprint density at radius 1 is 1.40 bits per heavy atom. The van der Waals surface area contributed by atoms with Gasteiger partial charge in [-0.15, -0.1) is 0 Å². The van der Waals surface area contributed by atoms with E-state index in [2.05, 4.69) is 26.1 Å². The molecular weight excluding hydrogens is 276 g/mol. The number of hydrogen-bond donors (Lipinski definition) is 2. The fourth-order valence-electron chi connectivity index (χ4n) is 1.68. The van der Waals surface area contributed by atoms with Crippen molar-refractivity contribution in [1.29, 1.82) is 0 Å². The fourth-order valence-corrected chi connectivity index (χ4v) is 1.97. The van der Waals surface area contributed by atoms with Crippen molar-refractivity contribution in [3.8, 4) is 0 Å². The summed E-state index contributed by atoms with van der Waals surface area (Å²) in [6.07, 6.45) is 0. The SMILES string of the molecule is CCOC(=O)c1cc(N)cc(Cl)c1NCC(C)C(C)C. The van der Waals surface area contributed by atoms with E-state index in [9.17, 15) is 4.79 Å². The lowest BCUT2D eigenvalue weighted by Gasteiger charge is -2.19. The molecule has 0 aliphatic rings. The van der Waals surface area contributed by atoms with E-state index in [-0.39, 0.29) is 0 Å². The maximum absolute atomic E-state index is 12.0. The first-order valence-electron chi connectivity index (χ1n) is 6.86. The van der Waals surface area contributed by atoms with E-state index in [1.165, 1.54) is 0 Å². The zero-order chi connectivity index (χ0) is 15.3. The molecule has 0 aromatic heterocycles. The van der Waals surface area contributed by atoms with Crippen LogP contribution in [0, 0.1) is 11.8 Å². The number of ether oxygens (including phenoxy) is 1. The Bertz CT molecular complexity index is 475. The number of hydrogen-bond acceptors (Lipinski definition) is 4. The molecule has 1 atom stereocenters. The number of nitrogens with one attached hydrogen (secondary N) is 1. The second-order valence-electron chi connectivity index (χ2n) is 5.25. The molecule has 4 nitrogen and oxygen atoms in total. The molecule has 5 heteroatoms. The highest BCUT2D eigenvalue weighted by Crippen LogP contribution is 2.30. The molecular formula is C15H23ClN2O2. The van der Waals surface area contributed by atoms with Gasteiger partial charge in [-0.1, -0.05) is 32.4 Å². The summed E-state index contributed by atoms with van der Waals surface area (Å²) in [4.78, 5) is 12.0. The van der Waals surface area contributed by atoms with Crippen LogP contribution in [-0.2, 0) is 4.74 Å². The summed E-state index contributed by atoms with van der Waals surface area (Å²) >= 11 is 6.19. The van der Waals surface area contributed by atoms with Crippen LogP contribution in [0.1, 0.15) is 38.1 Å². The van der Waals surface area contributed by atoms with Crippen LogP contribution in [0.5, 0.6) is 0 Å². The molecule has 0 spiro atoms. The topological polar surface area (TPSA) is 64.3 Å². The first-order chi connectivity index (χ1) is 9.36. The molecule has 0 heterocycles. The normalized spacial score (nSPS) is 12.3. The summed E-state index contributed by atoms with van der Waals surface area (Å²) in [5.74, 6) is 0.584. The minimum absolute atomic E-state index is 0.313. The predicted molar refractivity (Wildman–Crippen MR) is 84.3 cm³/mol. The first kappa shape index (κ1) is 16.6. The third-order valence-corrected chi connectivity index (χ3v) is 3.64. The molecule has 0 radical (unpaired) electrons. The van der Waals surface area contributed by atoms with E-state index in [0.717, 1.165) is 6.54 Å². The molecule has 1 aromatic rings. The Hall–Kier alpha value is -1.42. The molecule has 0 bridgehead atoms. The average molecular weight is 299 g/mol. The van der Waals surface area contributed by atoms with Crippen LogP contribution in [0.2, 0.25) is 5.02 Å². The molecule has 0 saturated heterocycles. The van der Waals surface area contributed by atoms with E-state index >= 15 is 0 Å². The van der Waals surface area contributed by atoms with Crippen molar-refractivity contribution >= 4 is 28.9 Å². The minimum Gasteiger partial charge on any atom is -0.462 e. The number of nitrogen functional groups attached to an aromatic ring is 1. The van der Waals surface area contributed by atoms with Gasteiger partial charge in [0, 0.05) is 12.2 Å². The standard InChI is InChI=1S/C15H23ClN2O2/c1-5-20-15(19)12-6-11(17)7-13(16)14(12)18-8-10(4)9(2)3/h6-7,9-10,18H,5,8,17H2,1-4H3. The van der Waals surface area contributed by atoms with Gasteiger partial charge in [-0.3, -0.25) is 0 Å². The Morgan fingerprint density at radius 3 is 2.60 bits per heavy atom. The second kappa shape index (κ2) is 7.39. The number of esters is 1. The third kappa shape index (κ3) is 4.30. The maximum Gasteiger partial charge on any atom is 0.340 e. The summed E-state index contributed by atoms with van der Waals surface area (Å²) < 4.78 is 5.04. The highest BCUT2D eigenvalue weighted by Gasteiger charge is 2.17. The molecule has 0 fully saturated rings. The highest BCUT2D eigenvalue weighted by molar-refractivity contribution is 6.34. The van der Waals surface area contributed by atoms with Crippen LogP contribution in [-0.4, -0.2) is 19.1 Å². The van der Waals surface area contributed by atoms with Crippen molar-refractivity contribution < 1.29 is 9.53 Å². The van der Waals surface area contributed by atoms with Gasteiger partial charge in [-0.2, -0.15) is 0 Å². The van der Waals surface area contributed by atoms with Crippen LogP contribution in [0.3, 0.4) is 0 Å². The minimum atomic E-state index is -0.415. The molecule has 3 N–H and O–H groups in total. The fraction of sp³-hybridized carbons (Fsp3) is 0.533. The number of anilines is 2. The van der Waals surface area contributed by atoms with Gasteiger partial charge in [0.1, 0.15) is 0 Å². The van der Waals surface area contributed by atoms with Gasteiger partial charge in [0.25, 0.3) is 0 Å². The molecule has 0 amide bonds. The lowest BCUT2D eigenvalue weighted by atomic mass is 9.98. The van der Waals surface area contributed by atoms with Crippen molar-refractivity contribution in [3.05, 3.63) is 22.7 Å². The number of carbonyl (C=O) groups is 1. The van der Waals surface area contributed by atoms with Crippen LogP contribution in [0.15, 0.2) is 12.1 Å². The lowest BCUT2D eigenvalue weighted by Crippen LogP contribution is -2.18. The van der Waals surface area contributed by atoms with Crippen molar-refractivity contribution in [2.75, 3.05) is 24.2 Å². The number of rotatable bonds is 6. The van der Waals surface area contributed by atoms with Crippen molar-refractivity contribution in [1.82, 2.24) is 0 Å². The predicted octanol–water partition coefficient (Wildman–Crippen LogP) is 3.80. The zero-order valence-corrected chi connectivity index (χ0v) is 13.3. The second-order valence-corrected chi connectivity index (χ2v) is 5.66. The molecule has 0 saturated carbocycles. The molecule has 0 aliphatic carbocycles. The molecule has 1 aromatic carbocycles. The van der Waals surface area contributed by atoms with Gasteiger partial charge >= 0.3 is 5.97 Å². The number of carbonyl (C=O) groups excluding carboxylic acids is 1. The highest BCUT2D eigenvalue weighted by atomic mass is 35.5. The lowest BCUT2D eigenvalue weighted by molar-refractivity contribution is 0.0527. The Labute approximate surface area is 125 Å². The van der Waals surface area contributed by atoms with Gasteiger partial charge in [-0.05, 0) is 30.9 Å². The molecule has 20 heavy (non-hydrogen) atoms. The molecule has 0 aliphatic heterocycles. The largest absolute Gasteiger partial charge is 0.462 e. The van der Waals surface area contributed by atoms with E-state index < -0.39 is 5.97 Å². The molecule has 1 rings (SSSR count). The number of nitrogens with two attached hydrogens (primary N) is 1. The number of halogens is 1. The average Bonchev–Trinajstić information content (AvgIpc) is 2.36. The van der Waals surface area contributed by atoms with Crippen LogP contribution in [0.4, 0.5) is 11.4 Å². The summed E-state index contributed by atoms with van der Waals surface area (Å²) in [7, 11) is 0. The van der Waals surface area contributed by atoms with Gasteiger partial charge in [-0.25, -0.2) is 4.79 Å². The van der Waals surface area contributed by atoms with Crippen molar-refractivity contribution in [2.24, 2.45) is 11.8 Å². The third-order valence-electron chi connectivity index (χ3n) is 3.35.